The van der Waals surface area contributed by atoms with Crippen LogP contribution in [0, 0.1) is 12.8 Å². The van der Waals surface area contributed by atoms with Crippen LogP contribution in [0.5, 0.6) is 5.75 Å². The minimum Gasteiger partial charge on any atom is -0.491 e. The van der Waals surface area contributed by atoms with Crippen molar-refractivity contribution in [1.29, 1.82) is 0 Å². The van der Waals surface area contributed by atoms with E-state index in [1.807, 2.05) is 74.3 Å². The van der Waals surface area contributed by atoms with Crippen LogP contribution in [-0.4, -0.2) is 33.1 Å². The number of hydrogen-bond donors (Lipinski definition) is 1. The maximum atomic E-state index is 13.4. The summed E-state index contributed by atoms with van der Waals surface area (Å²) in [5.41, 5.74) is 3.82. The summed E-state index contributed by atoms with van der Waals surface area (Å²) in [5.74, 6) is 7.56. The SMILES string of the molecule is Cc1ccc(S(=O)(=O)N(C)c2ccc(OC(C)C)c(C[C@@H]3CCCN(N)[C@@H]3c3ccccc3)c2)cc1. The smallest absolute Gasteiger partial charge is 0.264 e. The normalized spacial score (nSPS) is 18.8. The summed E-state index contributed by atoms with van der Waals surface area (Å²) < 4.78 is 34.2. The Morgan fingerprint density at radius 3 is 2.42 bits per heavy atom. The first-order chi connectivity index (χ1) is 17.2. The van der Waals surface area contributed by atoms with Gasteiger partial charge in [0.1, 0.15) is 5.75 Å². The van der Waals surface area contributed by atoms with Gasteiger partial charge in [-0.3, -0.25) is 10.1 Å². The van der Waals surface area contributed by atoms with Gasteiger partial charge >= 0.3 is 0 Å². The lowest BCUT2D eigenvalue weighted by molar-refractivity contribution is 0.0919. The van der Waals surface area contributed by atoms with Crippen LogP contribution in [0.15, 0.2) is 77.7 Å². The fourth-order valence-corrected chi connectivity index (χ4v) is 6.20. The van der Waals surface area contributed by atoms with E-state index in [-0.39, 0.29) is 23.0 Å². The van der Waals surface area contributed by atoms with E-state index in [4.69, 9.17) is 10.6 Å². The van der Waals surface area contributed by atoms with Crippen molar-refractivity contribution in [3.05, 3.63) is 89.5 Å². The van der Waals surface area contributed by atoms with Crippen LogP contribution in [0.3, 0.4) is 0 Å². The first-order valence-corrected chi connectivity index (χ1v) is 14.0. The van der Waals surface area contributed by atoms with Crippen molar-refractivity contribution >= 4 is 15.7 Å². The Kier molecular flexibility index (Phi) is 8.03. The van der Waals surface area contributed by atoms with E-state index in [0.29, 0.717) is 5.69 Å². The van der Waals surface area contributed by atoms with Crippen LogP contribution in [0.4, 0.5) is 5.69 Å². The molecule has 0 saturated carbocycles. The number of piperidine rings is 1. The van der Waals surface area contributed by atoms with Gasteiger partial charge in [0, 0.05) is 13.6 Å². The van der Waals surface area contributed by atoms with Gasteiger partial charge < -0.3 is 4.74 Å². The van der Waals surface area contributed by atoms with Gasteiger partial charge in [-0.05, 0) is 87.4 Å². The Morgan fingerprint density at radius 1 is 1.06 bits per heavy atom. The van der Waals surface area contributed by atoms with Crippen molar-refractivity contribution < 1.29 is 13.2 Å². The first-order valence-electron chi connectivity index (χ1n) is 12.6. The molecule has 1 aliphatic rings. The molecule has 1 heterocycles. The number of ether oxygens (including phenoxy) is 1. The highest BCUT2D eigenvalue weighted by atomic mass is 32.2. The highest BCUT2D eigenvalue weighted by Gasteiger charge is 2.32. The lowest BCUT2D eigenvalue weighted by atomic mass is 9.81. The number of nitrogens with zero attached hydrogens (tertiary/aromatic N) is 2. The number of benzene rings is 3. The Morgan fingerprint density at radius 2 is 1.75 bits per heavy atom. The maximum Gasteiger partial charge on any atom is 0.264 e. The summed E-state index contributed by atoms with van der Waals surface area (Å²) in [6.07, 6.45) is 2.80. The molecule has 0 bridgehead atoms. The third-order valence-electron chi connectivity index (χ3n) is 6.87. The topological polar surface area (TPSA) is 75.9 Å². The number of nitrogens with two attached hydrogens (primary N) is 1. The molecule has 0 amide bonds. The summed E-state index contributed by atoms with van der Waals surface area (Å²) in [6, 6.07) is 23.1. The zero-order valence-corrected chi connectivity index (χ0v) is 22.4. The van der Waals surface area contributed by atoms with Gasteiger partial charge in [-0.2, -0.15) is 0 Å². The van der Waals surface area contributed by atoms with E-state index in [1.54, 1.807) is 19.2 Å². The molecule has 4 rings (SSSR count). The predicted octanol–water partition coefficient (Wildman–Crippen LogP) is 5.48. The van der Waals surface area contributed by atoms with E-state index in [9.17, 15) is 8.42 Å². The largest absolute Gasteiger partial charge is 0.491 e. The molecule has 3 aromatic carbocycles. The van der Waals surface area contributed by atoms with Gasteiger partial charge in [0.15, 0.2) is 0 Å². The Labute approximate surface area is 215 Å². The number of anilines is 1. The molecule has 0 aliphatic carbocycles. The quantitative estimate of drug-likeness (QED) is 0.409. The lowest BCUT2D eigenvalue weighted by Gasteiger charge is -2.39. The Bertz CT molecular complexity index is 1260. The van der Waals surface area contributed by atoms with Gasteiger partial charge in [-0.15, -0.1) is 0 Å². The number of hydrazine groups is 1. The van der Waals surface area contributed by atoms with Crippen molar-refractivity contribution in [1.82, 2.24) is 5.01 Å². The third-order valence-corrected chi connectivity index (χ3v) is 8.67. The molecule has 2 N–H and O–H groups in total. The zero-order valence-electron chi connectivity index (χ0n) is 21.6. The minimum absolute atomic E-state index is 0.00547. The molecule has 1 saturated heterocycles. The lowest BCUT2D eigenvalue weighted by Crippen LogP contribution is -2.44. The highest BCUT2D eigenvalue weighted by molar-refractivity contribution is 7.92. The van der Waals surface area contributed by atoms with Crippen LogP contribution < -0.4 is 14.9 Å². The average molecular weight is 508 g/mol. The van der Waals surface area contributed by atoms with E-state index < -0.39 is 10.0 Å². The molecule has 0 spiro atoms. The molecule has 0 aromatic heterocycles. The second-order valence-corrected chi connectivity index (χ2v) is 11.9. The van der Waals surface area contributed by atoms with E-state index in [2.05, 4.69) is 12.1 Å². The van der Waals surface area contributed by atoms with E-state index in [0.717, 1.165) is 42.7 Å². The highest BCUT2D eigenvalue weighted by Crippen LogP contribution is 2.39. The summed E-state index contributed by atoms with van der Waals surface area (Å²) in [5, 5.41) is 1.95. The van der Waals surface area contributed by atoms with Crippen LogP contribution in [-0.2, 0) is 16.4 Å². The van der Waals surface area contributed by atoms with Crippen LogP contribution in [0.2, 0.25) is 0 Å². The van der Waals surface area contributed by atoms with E-state index in [1.165, 1.54) is 9.87 Å². The fourth-order valence-electron chi connectivity index (χ4n) is 5.01. The number of hydrogen-bond acceptors (Lipinski definition) is 5. The van der Waals surface area contributed by atoms with E-state index >= 15 is 0 Å². The monoisotopic (exact) mass is 507 g/mol. The molecule has 3 aromatic rings. The summed E-state index contributed by atoms with van der Waals surface area (Å²) in [4.78, 5) is 0.273. The van der Waals surface area contributed by atoms with Crippen molar-refractivity contribution in [2.75, 3.05) is 17.9 Å². The third kappa shape index (κ3) is 5.75. The average Bonchev–Trinajstić information content (AvgIpc) is 2.85. The standard InChI is InChI=1S/C29H37N3O3S/c1-21(2)35-28-17-14-26(31(4)36(33,34)27-15-12-22(3)13-16-27)20-25(28)19-24-11-8-18-32(30)29(24)23-9-6-5-7-10-23/h5-7,9-10,12-17,20-21,24,29H,8,11,18-19,30H2,1-4H3/t24-,29+/m0/s1. The minimum atomic E-state index is -3.69. The van der Waals surface area contributed by atoms with Crippen LogP contribution in [0.1, 0.15) is 49.4 Å². The Balaban J connectivity index is 1.69. The number of aryl methyl sites for hydroxylation is 1. The van der Waals surface area contributed by atoms with Gasteiger partial charge in [0.05, 0.1) is 22.7 Å². The van der Waals surface area contributed by atoms with Gasteiger partial charge in [-0.1, -0.05) is 48.0 Å². The molecular weight excluding hydrogens is 470 g/mol. The van der Waals surface area contributed by atoms with Crippen molar-refractivity contribution in [2.45, 2.75) is 57.1 Å². The van der Waals surface area contributed by atoms with Gasteiger partial charge in [-0.25, -0.2) is 13.4 Å². The molecule has 1 aliphatic heterocycles. The molecule has 7 heteroatoms. The molecule has 0 radical (unpaired) electrons. The second kappa shape index (κ2) is 11.0. The van der Waals surface area contributed by atoms with Crippen molar-refractivity contribution in [3.63, 3.8) is 0 Å². The predicted molar refractivity (Wildman–Crippen MR) is 145 cm³/mol. The molecule has 6 nitrogen and oxygen atoms in total. The molecule has 36 heavy (non-hydrogen) atoms. The number of rotatable bonds is 8. The molecule has 0 unspecified atom stereocenters. The van der Waals surface area contributed by atoms with Gasteiger partial charge in [0.25, 0.3) is 10.0 Å². The second-order valence-electron chi connectivity index (χ2n) is 9.94. The summed E-state index contributed by atoms with van der Waals surface area (Å²) in [6.45, 7) is 6.79. The maximum absolute atomic E-state index is 13.4. The molecule has 1 fully saturated rings. The summed E-state index contributed by atoms with van der Waals surface area (Å²) in [7, 11) is -2.09. The van der Waals surface area contributed by atoms with Crippen LogP contribution >= 0.6 is 0 Å². The van der Waals surface area contributed by atoms with Crippen LogP contribution in [0.25, 0.3) is 0 Å². The molecular formula is C29H37N3O3S. The number of sulfonamides is 1. The first kappa shape index (κ1) is 26.2. The molecule has 2 atom stereocenters. The zero-order chi connectivity index (χ0) is 25.9. The van der Waals surface area contributed by atoms with Gasteiger partial charge in [0.2, 0.25) is 0 Å². The molecule has 192 valence electrons. The van der Waals surface area contributed by atoms with Crippen molar-refractivity contribution in [3.8, 4) is 5.75 Å². The fraction of sp³-hybridized carbons (Fsp3) is 0.379. The Hall–Kier alpha value is -2.87. The summed E-state index contributed by atoms with van der Waals surface area (Å²) >= 11 is 0. The van der Waals surface area contributed by atoms with Crippen molar-refractivity contribution in [2.24, 2.45) is 11.8 Å².